The van der Waals surface area contributed by atoms with Gasteiger partial charge in [-0.15, -0.1) is 0 Å². The number of ether oxygens (including phenoxy) is 1. The average Bonchev–Trinajstić information content (AvgIpc) is 2.62. The molecule has 0 radical (unpaired) electrons. The number of nitrogens with zero attached hydrogens (tertiary/aromatic N) is 2. The van der Waals surface area contributed by atoms with Gasteiger partial charge in [-0.3, -0.25) is 4.68 Å². The van der Waals surface area contributed by atoms with Gasteiger partial charge in [-0.2, -0.15) is 5.10 Å². The fraction of sp³-hybridized carbons (Fsp3) is 0.357. The predicted octanol–water partition coefficient (Wildman–Crippen LogP) is 2.27. The van der Waals surface area contributed by atoms with Crippen molar-refractivity contribution in [1.29, 1.82) is 0 Å². The Labute approximate surface area is 111 Å². The summed E-state index contributed by atoms with van der Waals surface area (Å²) in [6.07, 6.45) is -0.894. The normalized spacial score (nSPS) is 12.5. The van der Waals surface area contributed by atoms with E-state index in [4.69, 9.17) is 4.74 Å². The molecule has 0 aliphatic carbocycles. The summed E-state index contributed by atoms with van der Waals surface area (Å²) >= 11 is 0. The van der Waals surface area contributed by atoms with Crippen LogP contribution in [0.4, 0.5) is 4.39 Å². The van der Waals surface area contributed by atoms with Crippen LogP contribution in [0.1, 0.15) is 28.6 Å². The van der Waals surface area contributed by atoms with Gasteiger partial charge >= 0.3 is 0 Å². The number of methoxy groups -OCH3 is 1. The number of aliphatic hydroxyl groups excluding tert-OH is 1. The molecule has 0 aliphatic rings. The van der Waals surface area contributed by atoms with Crippen molar-refractivity contribution in [2.45, 2.75) is 20.0 Å². The summed E-state index contributed by atoms with van der Waals surface area (Å²) in [6.45, 7) is 3.70. The number of benzene rings is 1. The van der Waals surface area contributed by atoms with Gasteiger partial charge in [0.05, 0.1) is 12.8 Å². The minimum atomic E-state index is -0.894. The van der Waals surface area contributed by atoms with Crippen LogP contribution in [0.15, 0.2) is 18.2 Å². The Hall–Kier alpha value is -1.88. The zero-order valence-electron chi connectivity index (χ0n) is 11.4. The first-order valence-corrected chi connectivity index (χ1v) is 5.97. The molecule has 1 N–H and O–H groups in total. The topological polar surface area (TPSA) is 47.3 Å². The van der Waals surface area contributed by atoms with Crippen LogP contribution in [-0.4, -0.2) is 22.0 Å². The zero-order valence-corrected chi connectivity index (χ0v) is 11.4. The first-order chi connectivity index (χ1) is 8.95. The van der Waals surface area contributed by atoms with Crippen molar-refractivity contribution in [3.05, 3.63) is 46.5 Å². The molecule has 1 aromatic carbocycles. The molecule has 102 valence electrons. The molecule has 1 atom stereocenters. The highest BCUT2D eigenvalue weighted by Gasteiger charge is 2.20. The van der Waals surface area contributed by atoms with E-state index >= 15 is 0 Å². The molecular weight excluding hydrogens is 247 g/mol. The summed E-state index contributed by atoms with van der Waals surface area (Å²) in [7, 11) is 3.22. The van der Waals surface area contributed by atoms with E-state index in [0.717, 1.165) is 11.4 Å². The number of halogens is 1. The van der Waals surface area contributed by atoms with Crippen LogP contribution in [0, 0.1) is 19.7 Å². The second-order valence-corrected chi connectivity index (χ2v) is 4.50. The third kappa shape index (κ3) is 2.33. The van der Waals surface area contributed by atoms with Crippen LogP contribution in [0.5, 0.6) is 5.75 Å². The second kappa shape index (κ2) is 5.01. The Balaban J connectivity index is 2.44. The lowest BCUT2D eigenvalue weighted by atomic mass is 9.99. The van der Waals surface area contributed by atoms with Gasteiger partial charge in [0.15, 0.2) is 11.6 Å². The van der Waals surface area contributed by atoms with Gasteiger partial charge in [0, 0.05) is 18.3 Å². The highest BCUT2D eigenvalue weighted by atomic mass is 19.1. The minimum absolute atomic E-state index is 0.163. The molecule has 0 amide bonds. The molecule has 19 heavy (non-hydrogen) atoms. The fourth-order valence-corrected chi connectivity index (χ4v) is 2.21. The summed E-state index contributed by atoms with van der Waals surface area (Å²) in [5, 5.41) is 14.6. The molecule has 4 nitrogen and oxygen atoms in total. The van der Waals surface area contributed by atoms with Gasteiger partial charge in [0.2, 0.25) is 0 Å². The standard InChI is InChI=1S/C14H17FN2O2/c1-8-13(9(2)17(3)16-8)14(18)10-5-6-12(19-4)11(15)7-10/h5-7,14,18H,1-4H3. The van der Waals surface area contributed by atoms with Crippen LogP contribution in [0.2, 0.25) is 0 Å². The van der Waals surface area contributed by atoms with Gasteiger partial charge in [-0.1, -0.05) is 6.07 Å². The van der Waals surface area contributed by atoms with Gasteiger partial charge < -0.3 is 9.84 Å². The van der Waals surface area contributed by atoms with Gasteiger partial charge in [-0.05, 0) is 31.5 Å². The summed E-state index contributed by atoms with van der Waals surface area (Å²) < 4.78 is 20.2. The molecule has 0 fully saturated rings. The molecule has 2 rings (SSSR count). The number of hydrogen-bond acceptors (Lipinski definition) is 3. The Kier molecular flexibility index (Phi) is 3.57. The predicted molar refractivity (Wildman–Crippen MR) is 69.7 cm³/mol. The number of hydrogen-bond donors (Lipinski definition) is 1. The van der Waals surface area contributed by atoms with Crippen LogP contribution < -0.4 is 4.74 Å². The minimum Gasteiger partial charge on any atom is -0.494 e. The Morgan fingerprint density at radius 3 is 2.53 bits per heavy atom. The van der Waals surface area contributed by atoms with Crippen molar-refractivity contribution < 1.29 is 14.2 Å². The molecule has 1 aromatic heterocycles. The van der Waals surface area contributed by atoms with E-state index < -0.39 is 11.9 Å². The monoisotopic (exact) mass is 264 g/mol. The van der Waals surface area contributed by atoms with E-state index in [-0.39, 0.29) is 5.75 Å². The fourth-order valence-electron chi connectivity index (χ4n) is 2.21. The Morgan fingerprint density at radius 2 is 2.05 bits per heavy atom. The molecule has 1 unspecified atom stereocenters. The molecule has 0 aliphatic heterocycles. The summed E-state index contributed by atoms with van der Waals surface area (Å²) in [5.41, 5.74) is 2.80. The maximum Gasteiger partial charge on any atom is 0.165 e. The number of aryl methyl sites for hydroxylation is 2. The summed E-state index contributed by atoms with van der Waals surface area (Å²) in [4.78, 5) is 0. The van der Waals surface area contributed by atoms with Crippen molar-refractivity contribution in [3.63, 3.8) is 0 Å². The molecule has 1 heterocycles. The lowest BCUT2D eigenvalue weighted by Gasteiger charge is -2.13. The zero-order chi connectivity index (χ0) is 14.2. The summed E-state index contributed by atoms with van der Waals surface area (Å²) in [6, 6.07) is 4.45. The SMILES string of the molecule is COc1ccc(C(O)c2c(C)nn(C)c2C)cc1F. The van der Waals surface area contributed by atoms with Crippen molar-refractivity contribution in [2.75, 3.05) is 7.11 Å². The molecule has 5 heteroatoms. The number of aliphatic hydroxyl groups is 1. The smallest absolute Gasteiger partial charge is 0.165 e. The first-order valence-electron chi connectivity index (χ1n) is 5.97. The van der Waals surface area contributed by atoms with Gasteiger partial charge in [-0.25, -0.2) is 4.39 Å². The second-order valence-electron chi connectivity index (χ2n) is 4.50. The molecule has 0 saturated carbocycles. The van der Waals surface area contributed by atoms with E-state index in [1.807, 2.05) is 20.9 Å². The van der Waals surface area contributed by atoms with Gasteiger partial charge in [0.25, 0.3) is 0 Å². The first kappa shape index (κ1) is 13.5. The van der Waals surface area contributed by atoms with Crippen molar-refractivity contribution in [1.82, 2.24) is 9.78 Å². The molecule has 0 bridgehead atoms. The van der Waals surface area contributed by atoms with Crippen molar-refractivity contribution >= 4 is 0 Å². The number of aromatic nitrogens is 2. The molecule has 2 aromatic rings. The molecule has 0 saturated heterocycles. The number of rotatable bonds is 3. The lowest BCUT2D eigenvalue weighted by Crippen LogP contribution is -2.04. The summed E-state index contributed by atoms with van der Waals surface area (Å²) in [5.74, 6) is -0.325. The maximum atomic E-state index is 13.7. The van der Waals surface area contributed by atoms with Crippen molar-refractivity contribution in [3.8, 4) is 5.75 Å². The highest BCUT2D eigenvalue weighted by molar-refractivity contribution is 5.38. The quantitative estimate of drug-likeness (QED) is 0.925. The van der Waals surface area contributed by atoms with Crippen LogP contribution >= 0.6 is 0 Å². The van der Waals surface area contributed by atoms with E-state index in [1.165, 1.54) is 19.2 Å². The maximum absolute atomic E-state index is 13.7. The van der Waals surface area contributed by atoms with E-state index in [9.17, 15) is 9.50 Å². The van der Waals surface area contributed by atoms with Gasteiger partial charge in [0.1, 0.15) is 6.10 Å². The van der Waals surface area contributed by atoms with E-state index in [0.29, 0.717) is 11.1 Å². The molecular formula is C14H17FN2O2. The van der Waals surface area contributed by atoms with Crippen LogP contribution in [-0.2, 0) is 7.05 Å². The van der Waals surface area contributed by atoms with Crippen molar-refractivity contribution in [2.24, 2.45) is 7.05 Å². The lowest BCUT2D eigenvalue weighted by molar-refractivity contribution is 0.218. The Bertz CT molecular complexity index is 608. The van der Waals surface area contributed by atoms with E-state index in [1.54, 1.807) is 10.7 Å². The average molecular weight is 264 g/mol. The highest BCUT2D eigenvalue weighted by Crippen LogP contribution is 2.29. The van der Waals surface area contributed by atoms with Crippen LogP contribution in [0.25, 0.3) is 0 Å². The third-order valence-electron chi connectivity index (χ3n) is 3.33. The third-order valence-corrected chi connectivity index (χ3v) is 3.33. The largest absolute Gasteiger partial charge is 0.494 e. The molecule has 0 spiro atoms. The van der Waals surface area contributed by atoms with Crippen LogP contribution in [0.3, 0.4) is 0 Å². The van der Waals surface area contributed by atoms with E-state index in [2.05, 4.69) is 5.10 Å². The Morgan fingerprint density at radius 1 is 1.37 bits per heavy atom.